The van der Waals surface area contributed by atoms with Crippen molar-refractivity contribution >= 4 is 43.6 Å². The lowest BCUT2D eigenvalue weighted by Gasteiger charge is -2.23. The Kier molecular flexibility index (Phi) is 10.9. The number of aromatic nitrogens is 5. The molecular weight excluding hydrogens is 948 g/mol. The van der Waals surface area contributed by atoms with E-state index in [0.717, 1.165) is 77.5 Å². The van der Waals surface area contributed by atoms with E-state index in [1.165, 1.54) is 6.07 Å². The van der Waals surface area contributed by atoms with Gasteiger partial charge in [0.2, 0.25) is 0 Å². The van der Waals surface area contributed by atoms with Crippen LogP contribution in [-0.2, 0) is 6.18 Å². The number of hydrogen-bond acceptors (Lipinski definition) is 5. The molecule has 13 aromatic rings. The first-order chi connectivity index (χ1) is 37.2. The van der Waals surface area contributed by atoms with E-state index in [4.69, 9.17) is 15.0 Å². The van der Waals surface area contributed by atoms with E-state index in [9.17, 15) is 10.5 Å². The molecule has 0 amide bonds. The van der Waals surface area contributed by atoms with E-state index in [1.54, 1.807) is 36.4 Å². The second kappa shape index (κ2) is 18.3. The number of nitriles is 2. The smallest absolute Gasteiger partial charge is 0.309 e. The molecule has 0 aliphatic rings. The molecule has 10 heteroatoms. The van der Waals surface area contributed by atoms with Crippen LogP contribution >= 0.6 is 0 Å². The number of nitrogens with zero attached hydrogens (tertiary/aromatic N) is 7. The fraction of sp³-hybridized carbons (Fsp3) is 0.0152. The van der Waals surface area contributed by atoms with Gasteiger partial charge in [-0.15, -0.1) is 0 Å². The summed E-state index contributed by atoms with van der Waals surface area (Å²) in [5.41, 5.74) is 9.99. The Morgan fingerprint density at radius 1 is 0.342 bits per heavy atom. The third-order valence-corrected chi connectivity index (χ3v) is 14.1. The van der Waals surface area contributed by atoms with Crippen molar-refractivity contribution in [2.24, 2.45) is 0 Å². The Bertz CT molecular complexity index is 4450. The molecule has 0 fully saturated rings. The summed E-state index contributed by atoms with van der Waals surface area (Å²) in [6.45, 7) is 0. The monoisotopic (exact) mass is 985 g/mol. The third-order valence-electron chi connectivity index (χ3n) is 14.1. The van der Waals surface area contributed by atoms with E-state index in [0.29, 0.717) is 50.8 Å². The van der Waals surface area contributed by atoms with Crippen LogP contribution in [0.1, 0.15) is 16.7 Å². The van der Waals surface area contributed by atoms with E-state index in [2.05, 4.69) is 28.8 Å². The van der Waals surface area contributed by atoms with Crippen LogP contribution in [0.3, 0.4) is 0 Å². The van der Waals surface area contributed by atoms with E-state index in [1.807, 2.05) is 174 Å². The molecule has 0 bridgehead atoms. The molecule has 3 heterocycles. The van der Waals surface area contributed by atoms with Gasteiger partial charge >= 0.3 is 6.18 Å². The topological polar surface area (TPSA) is 96.1 Å². The Hall–Kier alpha value is -10.4. The van der Waals surface area contributed by atoms with Gasteiger partial charge in [-0.05, 0) is 113 Å². The summed E-state index contributed by atoms with van der Waals surface area (Å²) in [7, 11) is 0. The van der Waals surface area contributed by atoms with Crippen LogP contribution in [0.15, 0.2) is 231 Å². The number of benzene rings is 10. The molecule has 0 spiro atoms. The van der Waals surface area contributed by atoms with Gasteiger partial charge in [0, 0.05) is 49.4 Å². The fourth-order valence-corrected chi connectivity index (χ4v) is 10.6. The molecule has 0 N–H and O–H groups in total. The van der Waals surface area contributed by atoms with Gasteiger partial charge in [-0.2, -0.15) is 23.7 Å². The highest BCUT2D eigenvalue weighted by atomic mass is 19.4. The highest BCUT2D eigenvalue weighted by Gasteiger charge is 2.37. The highest BCUT2D eigenvalue weighted by molar-refractivity contribution is 6.13. The number of para-hydroxylation sites is 2. The van der Waals surface area contributed by atoms with Crippen molar-refractivity contribution in [2.75, 3.05) is 0 Å². The van der Waals surface area contributed by atoms with E-state index >= 15 is 13.2 Å². The average Bonchev–Trinajstić information content (AvgIpc) is 4.07. The average molecular weight is 986 g/mol. The Morgan fingerprint density at radius 3 is 1.25 bits per heavy atom. The molecule has 0 unspecified atom stereocenters. The van der Waals surface area contributed by atoms with Crippen molar-refractivity contribution in [1.29, 1.82) is 10.5 Å². The van der Waals surface area contributed by atoms with Gasteiger partial charge in [0.15, 0.2) is 17.5 Å². The van der Waals surface area contributed by atoms with Gasteiger partial charge in [-0.25, -0.2) is 15.0 Å². The molecule has 10 aromatic carbocycles. The van der Waals surface area contributed by atoms with Gasteiger partial charge in [-0.3, -0.25) is 0 Å². The highest BCUT2D eigenvalue weighted by Crippen LogP contribution is 2.48. The number of hydrogen-bond donors (Lipinski definition) is 0. The standard InChI is InChI=1S/C66H38F3N7/c67-66(68,69)55-18-11-21-61(76-57-20-10-8-17-51(57)53-37-48(31-34-59(53)76)44-28-24-42(40-71)25-29-44)62(55)54-38-49(65-73-63(45-12-3-1-4-13-45)72-64(74-65)46-14-5-2-6-15-46)32-35-60(54)75-56-19-9-7-16-50(56)52-36-47(30-33-58(52)75)43-26-22-41(39-70)23-27-43/h1-38H. The lowest BCUT2D eigenvalue weighted by Crippen LogP contribution is -2.11. The molecule has 0 radical (unpaired) electrons. The van der Waals surface area contributed by atoms with Crippen molar-refractivity contribution in [2.45, 2.75) is 6.18 Å². The minimum Gasteiger partial charge on any atom is -0.309 e. The van der Waals surface area contributed by atoms with Crippen LogP contribution in [0.2, 0.25) is 0 Å². The molecule has 3 aromatic heterocycles. The van der Waals surface area contributed by atoms with Gasteiger partial charge in [-0.1, -0.05) is 140 Å². The molecule has 0 atom stereocenters. The summed E-state index contributed by atoms with van der Waals surface area (Å²) in [4.78, 5) is 15.0. The van der Waals surface area contributed by atoms with E-state index < -0.39 is 11.7 Å². The number of fused-ring (bicyclic) bond motifs is 6. The van der Waals surface area contributed by atoms with Gasteiger partial charge in [0.05, 0.1) is 62.3 Å². The Labute approximate surface area is 433 Å². The maximum absolute atomic E-state index is 16.3. The first-order valence-electron chi connectivity index (χ1n) is 24.5. The first kappa shape index (κ1) is 45.4. The lowest BCUT2D eigenvalue weighted by atomic mass is 9.93. The minimum absolute atomic E-state index is 0.0357. The van der Waals surface area contributed by atoms with Crippen molar-refractivity contribution in [3.05, 3.63) is 247 Å². The predicted molar refractivity (Wildman–Crippen MR) is 296 cm³/mol. The number of halogens is 3. The van der Waals surface area contributed by atoms with Crippen molar-refractivity contribution in [1.82, 2.24) is 24.1 Å². The second-order valence-electron chi connectivity index (χ2n) is 18.5. The Morgan fingerprint density at radius 2 is 0.763 bits per heavy atom. The number of rotatable bonds is 8. The van der Waals surface area contributed by atoms with Crippen LogP contribution < -0.4 is 0 Å². The van der Waals surface area contributed by atoms with Crippen molar-refractivity contribution < 1.29 is 13.2 Å². The lowest BCUT2D eigenvalue weighted by molar-refractivity contribution is -0.137. The van der Waals surface area contributed by atoms with E-state index in [-0.39, 0.29) is 11.4 Å². The third kappa shape index (κ3) is 7.81. The van der Waals surface area contributed by atoms with Crippen LogP contribution in [0.25, 0.3) is 123 Å². The summed E-state index contributed by atoms with van der Waals surface area (Å²) in [6.07, 6.45) is -4.81. The molecule has 13 rings (SSSR count). The summed E-state index contributed by atoms with van der Waals surface area (Å²) in [6, 6.07) is 76.1. The molecule has 7 nitrogen and oxygen atoms in total. The summed E-state index contributed by atoms with van der Waals surface area (Å²) < 4.78 is 53.0. The summed E-state index contributed by atoms with van der Waals surface area (Å²) >= 11 is 0. The van der Waals surface area contributed by atoms with Crippen molar-refractivity contribution in [3.63, 3.8) is 0 Å². The zero-order valence-corrected chi connectivity index (χ0v) is 40.2. The normalized spacial score (nSPS) is 11.6. The van der Waals surface area contributed by atoms with Crippen molar-refractivity contribution in [3.8, 4) is 91.1 Å². The molecule has 358 valence electrons. The molecule has 0 aliphatic carbocycles. The molecule has 0 aliphatic heterocycles. The summed E-state index contributed by atoms with van der Waals surface area (Å²) in [5.74, 6) is 1.11. The maximum Gasteiger partial charge on any atom is 0.417 e. The zero-order valence-electron chi connectivity index (χ0n) is 40.2. The van der Waals surface area contributed by atoms with Gasteiger partial charge in [0.25, 0.3) is 0 Å². The molecule has 76 heavy (non-hydrogen) atoms. The van der Waals surface area contributed by atoms with Crippen LogP contribution in [0.5, 0.6) is 0 Å². The maximum atomic E-state index is 16.3. The largest absolute Gasteiger partial charge is 0.417 e. The van der Waals surface area contributed by atoms with Crippen LogP contribution in [0.4, 0.5) is 13.2 Å². The second-order valence-corrected chi connectivity index (χ2v) is 18.5. The van der Waals surface area contributed by atoms with Crippen LogP contribution in [0, 0.1) is 22.7 Å². The van der Waals surface area contributed by atoms with Gasteiger partial charge < -0.3 is 9.13 Å². The quantitative estimate of drug-likeness (QED) is 0.151. The predicted octanol–water partition coefficient (Wildman–Crippen LogP) is 16.8. The minimum atomic E-state index is -4.81. The van der Waals surface area contributed by atoms with Crippen LogP contribution in [-0.4, -0.2) is 24.1 Å². The first-order valence-corrected chi connectivity index (χ1v) is 24.5. The zero-order chi connectivity index (χ0) is 51.5. The summed E-state index contributed by atoms with van der Waals surface area (Å²) in [5, 5.41) is 22.6. The number of alkyl halides is 3. The molecule has 0 saturated heterocycles. The SMILES string of the molecule is N#Cc1ccc(-c2ccc3c(c2)c2ccccc2n3-c2ccc(-c3nc(-c4ccccc4)nc(-c4ccccc4)n3)cc2-c2c(-n3c4ccccc4c4cc(-c5ccc(C#N)cc5)ccc43)cccc2C(F)(F)F)cc1. The molecular formula is C66H38F3N7. The van der Waals surface area contributed by atoms with Gasteiger partial charge in [0.1, 0.15) is 0 Å². The fourth-order valence-electron chi connectivity index (χ4n) is 10.6. The Balaban J connectivity index is 1.12. The molecule has 0 saturated carbocycles.